The number of anilines is 1. The minimum absolute atomic E-state index is 0.0949. The highest BCUT2D eigenvalue weighted by molar-refractivity contribution is 7.97. The van der Waals surface area contributed by atoms with Crippen molar-refractivity contribution >= 4 is 23.5 Å². The summed E-state index contributed by atoms with van der Waals surface area (Å²) >= 11 is 1.28. The van der Waals surface area contributed by atoms with Crippen molar-refractivity contribution in [3.05, 3.63) is 29.8 Å². The van der Waals surface area contributed by atoms with Gasteiger partial charge in [0, 0.05) is 17.5 Å². The number of benzene rings is 1. The Morgan fingerprint density at radius 3 is 2.50 bits per heavy atom. The topological polar surface area (TPSA) is 55.1 Å². The predicted molar refractivity (Wildman–Crippen MR) is 51.8 cm³/mol. The fraction of sp³-hybridized carbons (Fsp3) is 0.125. The standard InChI is InChI=1S/C8H10N2OS/c1-12-10-8(11)6-2-4-7(9)5-3-6/h2-5H,9H2,1H3,(H,10,11). The molecule has 1 aromatic rings. The van der Waals surface area contributed by atoms with Crippen molar-refractivity contribution in [2.24, 2.45) is 0 Å². The van der Waals surface area contributed by atoms with Gasteiger partial charge in [-0.1, -0.05) is 11.9 Å². The van der Waals surface area contributed by atoms with E-state index in [0.717, 1.165) is 0 Å². The van der Waals surface area contributed by atoms with E-state index >= 15 is 0 Å². The van der Waals surface area contributed by atoms with Crippen LogP contribution in [0.1, 0.15) is 10.4 Å². The van der Waals surface area contributed by atoms with Gasteiger partial charge in [-0.2, -0.15) is 0 Å². The molecule has 0 aliphatic heterocycles. The zero-order chi connectivity index (χ0) is 8.97. The van der Waals surface area contributed by atoms with Crippen molar-refractivity contribution in [3.8, 4) is 0 Å². The maximum Gasteiger partial charge on any atom is 0.261 e. The number of amides is 1. The summed E-state index contributed by atoms with van der Waals surface area (Å²) in [6, 6.07) is 6.80. The van der Waals surface area contributed by atoms with Crippen molar-refractivity contribution in [1.82, 2.24) is 4.72 Å². The molecule has 0 aliphatic rings. The average molecular weight is 182 g/mol. The van der Waals surface area contributed by atoms with Crippen LogP contribution in [0.25, 0.3) is 0 Å². The molecule has 0 atom stereocenters. The molecular weight excluding hydrogens is 172 g/mol. The van der Waals surface area contributed by atoms with Gasteiger partial charge in [-0.25, -0.2) is 0 Å². The Bertz CT molecular complexity index is 271. The summed E-state index contributed by atoms with van der Waals surface area (Å²) in [4.78, 5) is 11.2. The van der Waals surface area contributed by atoms with E-state index in [-0.39, 0.29) is 5.91 Å². The second-order valence-electron chi connectivity index (χ2n) is 2.26. The Balaban J connectivity index is 2.75. The second-order valence-corrected chi connectivity index (χ2v) is 2.87. The van der Waals surface area contributed by atoms with E-state index in [4.69, 9.17) is 5.73 Å². The zero-order valence-corrected chi connectivity index (χ0v) is 7.52. The van der Waals surface area contributed by atoms with Gasteiger partial charge < -0.3 is 5.73 Å². The molecule has 1 rings (SSSR count). The van der Waals surface area contributed by atoms with Crippen molar-refractivity contribution in [1.29, 1.82) is 0 Å². The van der Waals surface area contributed by atoms with E-state index in [2.05, 4.69) is 4.72 Å². The first-order valence-electron chi connectivity index (χ1n) is 3.43. The van der Waals surface area contributed by atoms with Crippen LogP contribution in [0, 0.1) is 0 Å². The lowest BCUT2D eigenvalue weighted by Crippen LogP contribution is -2.14. The maximum absolute atomic E-state index is 11.2. The second kappa shape index (κ2) is 4.01. The summed E-state index contributed by atoms with van der Waals surface area (Å²) in [7, 11) is 0. The van der Waals surface area contributed by atoms with Crippen molar-refractivity contribution in [2.45, 2.75) is 0 Å². The normalized spacial score (nSPS) is 9.42. The van der Waals surface area contributed by atoms with Gasteiger partial charge in [0.2, 0.25) is 0 Å². The molecular formula is C8H10N2OS. The summed E-state index contributed by atoms with van der Waals surface area (Å²) in [6.45, 7) is 0. The van der Waals surface area contributed by atoms with E-state index in [9.17, 15) is 4.79 Å². The molecule has 0 saturated heterocycles. The van der Waals surface area contributed by atoms with Crippen LogP contribution in [-0.2, 0) is 0 Å². The molecule has 0 heterocycles. The molecule has 0 radical (unpaired) electrons. The minimum atomic E-state index is -0.0949. The Hall–Kier alpha value is -1.16. The third-order valence-corrected chi connectivity index (χ3v) is 1.76. The quantitative estimate of drug-likeness (QED) is 0.535. The number of hydrogen-bond acceptors (Lipinski definition) is 3. The van der Waals surface area contributed by atoms with Gasteiger partial charge in [0.05, 0.1) is 0 Å². The predicted octanol–water partition coefficient (Wildman–Crippen LogP) is 1.28. The smallest absolute Gasteiger partial charge is 0.261 e. The highest BCUT2D eigenvalue weighted by atomic mass is 32.2. The molecule has 1 amide bonds. The fourth-order valence-electron chi connectivity index (χ4n) is 0.786. The first-order valence-corrected chi connectivity index (χ1v) is 4.65. The van der Waals surface area contributed by atoms with Gasteiger partial charge in [0.25, 0.3) is 5.91 Å². The Kier molecular flexibility index (Phi) is 2.99. The molecule has 0 fully saturated rings. The van der Waals surface area contributed by atoms with Crippen LogP contribution < -0.4 is 10.5 Å². The van der Waals surface area contributed by atoms with Crippen LogP contribution in [-0.4, -0.2) is 12.2 Å². The first kappa shape index (κ1) is 8.93. The van der Waals surface area contributed by atoms with Gasteiger partial charge >= 0.3 is 0 Å². The van der Waals surface area contributed by atoms with E-state index < -0.39 is 0 Å². The molecule has 0 spiro atoms. The van der Waals surface area contributed by atoms with E-state index in [0.29, 0.717) is 11.3 Å². The molecule has 3 nitrogen and oxygen atoms in total. The van der Waals surface area contributed by atoms with E-state index in [1.165, 1.54) is 11.9 Å². The number of nitrogens with one attached hydrogen (secondary N) is 1. The van der Waals surface area contributed by atoms with Crippen LogP contribution in [0.3, 0.4) is 0 Å². The molecule has 3 N–H and O–H groups in total. The highest BCUT2D eigenvalue weighted by Gasteiger charge is 2.01. The number of carbonyl (C=O) groups is 1. The summed E-state index contributed by atoms with van der Waals surface area (Å²) in [5.74, 6) is -0.0949. The molecule has 0 saturated carbocycles. The average Bonchev–Trinajstić information content (AvgIpc) is 2.06. The van der Waals surface area contributed by atoms with E-state index in [1.807, 2.05) is 0 Å². The van der Waals surface area contributed by atoms with Crippen LogP contribution in [0.15, 0.2) is 24.3 Å². The van der Waals surface area contributed by atoms with Crippen LogP contribution >= 0.6 is 11.9 Å². The molecule has 0 aliphatic carbocycles. The van der Waals surface area contributed by atoms with Crippen LogP contribution in [0.4, 0.5) is 5.69 Å². The summed E-state index contributed by atoms with van der Waals surface area (Å²) in [5.41, 5.74) is 6.75. The number of rotatable bonds is 2. The highest BCUT2D eigenvalue weighted by Crippen LogP contribution is 2.05. The lowest BCUT2D eigenvalue weighted by molar-refractivity contribution is 0.0984. The third-order valence-electron chi connectivity index (χ3n) is 1.37. The third kappa shape index (κ3) is 2.17. The van der Waals surface area contributed by atoms with Gasteiger partial charge in [0.1, 0.15) is 0 Å². The molecule has 4 heteroatoms. The zero-order valence-electron chi connectivity index (χ0n) is 6.70. The summed E-state index contributed by atoms with van der Waals surface area (Å²) in [6.07, 6.45) is 1.80. The molecule has 64 valence electrons. The molecule has 0 aromatic heterocycles. The Labute approximate surface area is 75.5 Å². The van der Waals surface area contributed by atoms with Crippen molar-refractivity contribution in [2.75, 3.05) is 12.0 Å². The Morgan fingerprint density at radius 1 is 1.42 bits per heavy atom. The summed E-state index contributed by atoms with van der Waals surface area (Å²) < 4.78 is 2.62. The molecule has 0 unspecified atom stereocenters. The lowest BCUT2D eigenvalue weighted by atomic mass is 10.2. The number of nitrogen functional groups attached to an aromatic ring is 1. The van der Waals surface area contributed by atoms with Crippen LogP contribution in [0.5, 0.6) is 0 Å². The largest absolute Gasteiger partial charge is 0.399 e. The van der Waals surface area contributed by atoms with Crippen LogP contribution in [0.2, 0.25) is 0 Å². The fourth-order valence-corrected chi connectivity index (χ4v) is 1.09. The number of nitrogens with two attached hydrogens (primary N) is 1. The number of carbonyl (C=O) groups excluding carboxylic acids is 1. The maximum atomic E-state index is 11.2. The van der Waals surface area contributed by atoms with Gasteiger partial charge in [-0.3, -0.25) is 9.52 Å². The molecule has 12 heavy (non-hydrogen) atoms. The van der Waals surface area contributed by atoms with Gasteiger partial charge in [0.15, 0.2) is 0 Å². The van der Waals surface area contributed by atoms with Crippen molar-refractivity contribution in [3.63, 3.8) is 0 Å². The summed E-state index contributed by atoms with van der Waals surface area (Å²) in [5, 5.41) is 0. The van der Waals surface area contributed by atoms with E-state index in [1.54, 1.807) is 30.5 Å². The van der Waals surface area contributed by atoms with Gasteiger partial charge in [-0.05, 0) is 24.3 Å². The molecule has 1 aromatic carbocycles. The van der Waals surface area contributed by atoms with Crippen molar-refractivity contribution < 1.29 is 4.79 Å². The number of hydrogen-bond donors (Lipinski definition) is 2. The van der Waals surface area contributed by atoms with Gasteiger partial charge in [-0.15, -0.1) is 0 Å². The Morgan fingerprint density at radius 2 is 2.00 bits per heavy atom. The lowest BCUT2D eigenvalue weighted by Gasteiger charge is -2.00. The minimum Gasteiger partial charge on any atom is -0.399 e. The molecule has 0 bridgehead atoms. The SMILES string of the molecule is CSNC(=O)c1ccc(N)cc1. The monoisotopic (exact) mass is 182 g/mol. The first-order chi connectivity index (χ1) is 5.74.